The van der Waals surface area contributed by atoms with Gasteiger partial charge >= 0.3 is 5.97 Å². The second kappa shape index (κ2) is 5.47. The Labute approximate surface area is 91.3 Å². The van der Waals surface area contributed by atoms with E-state index < -0.39 is 5.60 Å². The Hall–Kier alpha value is -0.610. The Morgan fingerprint density at radius 2 is 2.27 bits per heavy atom. The Morgan fingerprint density at radius 1 is 1.53 bits per heavy atom. The lowest BCUT2D eigenvalue weighted by molar-refractivity contribution is -0.153. The smallest absolute Gasteiger partial charge is 0.320 e. The van der Waals surface area contributed by atoms with Gasteiger partial charge < -0.3 is 14.8 Å². The molecule has 1 N–H and O–H groups in total. The average Bonchev–Trinajstić information content (AvgIpc) is 2.14. The second-order valence-electron chi connectivity index (χ2n) is 4.88. The minimum Gasteiger partial charge on any atom is -0.459 e. The summed E-state index contributed by atoms with van der Waals surface area (Å²) in [4.78, 5) is 11.4. The van der Waals surface area contributed by atoms with Crippen molar-refractivity contribution in [1.29, 1.82) is 0 Å². The maximum Gasteiger partial charge on any atom is 0.320 e. The topological polar surface area (TPSA) is 47.6 Å². The second-order valence-corrected chi connectivity index (χ2v) is 4.88. The van der Waals surface area contributed by atoms with Crippen molar-refractivity contribution in [2.45, 2.75) is 45.3 Å². The van der Waals surface area contributed by atoms with Gasteiger partial charge in [0.2, 0.25) is 0 Å². The van der Waals surface area contributed by atoms with Crippen LogP contribution in [0.3, 0.4) is 0 Å². The van der Waals surface area contributed by atoms with Crippen molar-refractivity contribution in [2.24, 2.45) is 0 Å². The summed E-state index contributed by atoms with van der Waals surface area (Å²) in [5, 5.41) is 3.14. The summed E-state index contributed by atoms with van der Waals surface area (Å²) in [6.07, 6.45) is 2.13. The number of carbonyl (C=O) groups is 1. The zero-order valence-electron chi connectivity index (χ0n) is 9.84. The van der Waals surface area contributed by atoms with Gasteiger partial charge in [-0.1, -0.05) is 0 Å². The fourth-order valence-electron chi connectivity index (χ4n) is 1.51. The summed E-state index contributed by atoms with van der Waals surface area (Å²) in [7, 11) is 0. The first-order chi connectivity index (χ1) is 6.97. The minimum atomic E-state index is -0.401. The zero-order chi connectivity index (χ0) is 11.3. The van der Waals surface area contributed by atoms with E-state index in [1.54, 1.807) is 0 Å². The lowest BCUT2D eigenvalue weighted by Gasteiger charge is -2.24. The molecule has 1 aliphatic heterocycles. The van der Waals surface area contributed by atoms with Crippen LogP contribution in [0.2, 0.25) is 0 Å². The number of rotatable bonds is 3. The van der Waals surface area contributed by atoms with Crippen LogP contribution in [0.25, 0.3) is 0 Å². The Kier molecular flexibility index (Phi) is 4.54. The molecule has 0 bridgehead atoms. The molecule has 0 radical (unpaired) electrons. The third-order valence-electron chi connectivity index (χ3n) is 2.12. The van der Waals surface area contributed by atoms with E-state index in [1.807, 2.05) is 20.8 Å². The van der Waals surface area contributed by atoms with E-state index >= 15 is 0 Å². The summed E-state index contributed by atoms with van der Waals surface area (Å²) in [5.74, 6) is -0.201. The molecule has 0 aromatic rings. The predicted octanol–water partition coefficient (Wildman–Crippen LogP) is 1.10. The average molecular weight is 215 g/mol. The van der Waals surface area contributed by atoms with Gasteiger partial charge in [0.05, 0.1) is 13.2 Å². The van der Waals surface area contributed by atoms with Crippen molar-refractivity contribution in [3.8, 4) is 0 Å². The normalized spacial score (nSPS) is 22.5. The number of esters is 1. The van der Waals surface area contributed by atoms with Crippen molar-refractivity contribution in [2.75, 3.05) is 19.8 Å². The summed E-state index contributed by atoms with van der Waals surface area (Å²) in [5.41, 5.74) is -0.401. The number of carbonyl (C=O) groups excluding carboxylic acids is 1. The highest BCUT2D eigenvalue weighted by molar-refractivity contribution is 5.72. The van der Waals surface area contributed by atoms with E-state index in [4.69, 9.17) is 9.47 Å². The van der Waals surface area contributed by atoms with E-state index in [0.717, 1.165) is 19.4 Å². The van der Waals surface area contributed by atoms with Crippen LogP contribution >= 0.6 is 0 Å². The summed E-state index contributed by atoms with van der Waals surface area (Å²) in [6, 6.07) is 0.297. The first kappa shape index (κ1) is 12.5. The van der Waals surface area contributed by atoms with Gasteiger partial charge in [-0.15, -0.1) is 0 Å². The molecule has 1 atom stereocenters. The fourth-order valence-corrected chi connectivity index (χ4v) is 1.51. The molecule has 0 aliphatic carbocycles. The van der Waals surface area contributed by atoms with Gasteiger partial charge in [-0.05, 0) is 33.6 Å². The van der Waals surface area contributed by atoms with Gasteiger partial charge in [0.15, 0.2) is 0 Å². The quantitative estimate of drug-likeness (QED) is 0.716. The molecule has 1 aliphatic rings. The molecule has 0 amide bonds. The van der Waals surface area contributed by atoms with Crippen molar-refractivity contribution < 1.29 is 14.3 Å². The van der Waals surface area contributed by atoms with Crippen LogP contribution in [-0.2, 0) is 14.3 Å². The molecule has 1 saturated heterocycles. The third-order valence-corrected chi connectivity index (χ3v) is 2.12. The third kappa shape index (κ3) is 5.74. The fraction of sp³-hybridized carbons (Fsp3) is 0.909. The van der Waals surface area contributed by atoms with Crippen LogP contribution in [0.15, 0.2) is 0 Å². The van der Waals surface area contributed by atoms with E-state index in [9.17, 15) is 4.79 Å². The van der Waals surface area contributed by atoms with Gasteiger partial charge in [-0.3, -0.25) is 4.79 Å². The molecule has 0 spiro atoms. The number of hydrogen-bond acceptors (Lipinski definition) is 4. The Morgan fingerprint density at radius 3 is 2.80 bits per heavy atom. The molecule has 0 aromatic carbocycles. The van der Waals surface area contributed by atoms with Crippen molar-refractivity contribution >= 4 is 5.97 Å². The van der Waals surface area contributed by atoms with Gasteiger partial charge in [0.1, 0.15) is 5.60 Å². The lowest BCUT2D eigenvalue weighted by Crippen LogP contribution is -2.41. The SMILES string of the molecule is CC(C)(C)OC(=O)CNC1CCCOC1. The van der Waals surface area contributed by atoms with E-state index in [1.165, 1.54) is 0 Å². The maximum atomic E-state index is 11.4. The molecule has 1 fully saturated rings. The largest absolute Gasteiger partial charge is 0.459 e. The highest BCUT2D eigenvalue weighted by atomic mass is 16.6. The molecule has 1 rings (SSSR count). The van der Waals surface area contributed by atoms with Gasteiger partial charge in [-0.2, -0.15) is 0 Å². The molecule has 0 aromatic heterocycles. The molecular formula is C11H21NO3. The first-order valence-electron chi connectivity index (χ1n) is 5.50. The number of ether oxygens (including phenoxy) is 2. The molecule has 88 valence electrons. The van der Waals surface area contributed by atoms with Crippen molar-refractivity contribution in [3.05, 3.63) is 0 Å². The standard InChI is InChI=1S/C11H21NO3/c1-11(2,3)15-10(13)7-12-9-5-4-6-14-8-9/h9,12H,4-8H2,1-3H3. The minimum absolute atomic E-state index is 0.201. The Balaban J connectivity index is 2.15. The molecule has 0 saturated carbocycles. The van der Waals surface area contributed by atoms with E-state index in [2.05, 4.69) is 5.32 Å². The molecular weight excluding hydrogens is 194 g/mol. The van der Waals surface area contributed by atoms with Crippen LogP contribution in [0.4, 0.5) is 0 Å². The van der Waals surface area contributed by atoms with Crippen LogP contribution in [0, 0.1) is 0 Å². The van der Waals surface area contributed by atoms with Crippen LogP contribution in [0.1, 0.15) is 33.6 Å². The van der Waals surface area contributed by atoms with Crippen LogP contribution < -0.4 is 5.32 Å². The van der Waals surface area contributed by atoms with E-state index in [-0.39, 0.29) is 12.5 Å². The number of hydrogen-bond donors (Lipinski definition) is 1. The van der Waals surface area contributed by atoms with Crippen LogP contribution in [0.5, 0.6) is 0 Å². The highest BCUT2D eigenvalue weighted by Gasteiger charge is 2.18. The van der Waals surface area contributed by atoms with Crippen LogP contribution in [-0.4, -0.2) is 37.4 Å². The molecule has 1 heterocycles. The predicted molar refractivity (Wildman–Crippen MR) is 57.7 cm³/mol. The monoisotopic (exact) mass is 215 g/mol. The van der Waals surface area contributed by atoms with Gasteiger partial charge in [0.25, 0.3) is 0 Å². The molecule has 15 heavy (non-hydrogen) atoms. The highest BCUT2D eigenvalue weighted by Crippen LogP contribution is 2.08. The van der Waals surface area contributed by atoms with Gasteiger partial charge in [0, 0.05) is 12.6 Å². The Bertz CT molecular complexity index is 204. The summed E-state index contributed by atoms with van der Waals surface area (Å²) in [6.45, 7) is 7.41. The number of nitrogens with one attached hydrogen (secondary N) is 1. The molecule has 4 nitrogen and oxygen atoms in total. The summed E-state index contributed by atoms with van der Waals surface area (Å²) < 4.78 is 10.5. The molecule has 4 heteroatoms. The first-order valence-corrected chi connectivity index (χ1v) is 5.50. The zero-order valence-corrected chi connectivity index (χ0v) is 9.84. The van der Waals surface area contributed by atoms with Crippen molar-refractivity contribution in [3.63, 3.8) is 0 Å². The van der Waals surface area contributed by atoms with Crippen molar-refractivity contribution in [1.82, 2.24) is 5.32 Å². The van der Waals surface area contributed by atoms with E-state index in [0.29, 0.717) is 12.6 Å². The lowest BCUT2D eigenvalue weighted by atomic mass is 10.1. The van der Waals surface area contributed by atoms with Gasteiger partial charge in [-0.25, -0.2) is 0 Å². The summed E-state index contributed by atoms with van der Waals surface area (Å²) >= 11 is 0. The maximum absolute atomic E-state index is 11.4. The molecule has 1 unspecified atom stereocenters.